The first-order valence-electron chi connectivity index (χ1n) is 19.7. The first-order chi connectivity index (χ1) is 28.3. The first kappa shape index (κ1) is 32.9. The van der Waals surface area contributed by atoms with Crippen LogP contribution in [0.25, 0.3) is 87.2 Å². The molecule has 0 bridgehead atoms. The fourth-order valence-electron chi connectivity index (χ4n) is 8.89. The summed E-state index contributed by atoms with van der Waals surface area (Å²) in [6.45, 7) is 0. The van der Waals surface area contributed by atoms with E-state index in [1.165, 1.54) is 87.2 Å². The van der Waals surface area contributed by atoms with Gasteiger partial charge in [0.05, 0.1) is 0 Å². The Kier molecular flexibility index (Phi) is 7.89. The van der Waals surface area contributed by atoms with Crippen LogP contribution in [0.3, 0.4) is 0 Å². The number of fused-ring (bicyclic) bond motifs is 7. The Bertz CT molecular complexity index is 3280. The van der Waals surface area contributed by atoms with E-state index in [0.717, 1.165) is 17.1 Å². The molecule has 0 heterocycles. The van der Waals surface area contributed by atoms with Gasteiger partial charge in [-0.1, -0.05) is 176 Å². The van der Waals surface area contributed by atoms with Crippen LogP contribution in [0.15, 0.2) is 224 Å². The topological polar surface area (TPSA) is 3.24 Å². The minimum atomic E-state index is 1.10. The minimum absolute atomic E-state index is 1.10. The zero-order valence-electron chi connectivity index (χ0n) is 31.3. The summed E-state index contributed by atoms with van der Waals surface area (Å²) in [5.41, 5.74) is 10.6. The SMILES string of the molecule is c1ccc(N(c2ccc(-c3cc4ccccc4c4ccccc34)cc2)c2ccc(-c3ccc4c(ccc5ccccc54)c3)c(-c3cccc4ccccc34)c2)cc1. The number of rotatable bonds is 6. The third-order valence-corrected chi connectivity index (χ3v) is 11.6. The van der Waals surface area contributed by atoms with Crippen LogP contribution in [0.1, 0.15) is 0 Å². The van der Waals surface area contributed by atoms with E-state index in [9.17, 15) is 0 Å². The predicted octanol–water partition coefficient (Wildman–Crippen LogP) is 15.9. The highest BCUT2D eigenvalue weighted by Crippen LogP contribution is 2.44. The summed E-state index contributed by atoms with van der Waals surface area (Å²) in [6.07, 6.45) is 0. The largest absolute Gasteiger partial charge is 0.310 e. The second-order valence-electron chi connectivity index (χ2n) is 14.9. The van der Waals surface area contributed by atoms with Crippen LogP contribution >= 0.6 is 0 Å². The lowest BCUT2D eigenvalue weighted by Gasteiger charge is -2.27. The van der Waals surface area contributed by atoms with Gasteiger partial charge in [-0.05, 0) is 136 Å². The lowest BCUT2D eigenvalue weighted by atomic mass is 9.89. The van der Waals surface area contributed by atoms with Gasteiger partial charge in [-0.2, -0.15) is 0 Å². The Morgan fingerprint density at radius 3 is 1.53 bits per heavy atom. The van der Waals surface area contributed by atoms with E-state index in [1.54, 1.807) is 0 Å². The van der Waals surface area contributed by atoms with Crippen LogP contribution in [0.2, 0.25) is 0 Å². The van der Waals surface area contributed by atoms with E-state index in [0.29, 0.717) is 0 Å². The zero-order valence-corrected chi connectivity index (χ0v) is 31.3. The molecule has 0 aliphatic rings. The molecule has 0 saturated heterocycles. The standard InChI is InChI=1S/C56H37N/c1-2-17-44(18-3-1)57(45-30-27-40(28-31-45)55-36-41-15-6-9-21-49(41)52-22-10-11-23-54(52)55)46-32-34-51(56(37-46)53-24-12-16-38-13-4-8-20-48(38)53)43-29-33-50-42(35-43)26-25-39-14-5-7-19-47(39)50/h1-37H. The molecular weight excluding hydrogens is 687 g/mol. The molecule has 0 spiro atoms. The van der Waals surface area contributed by atoms with Crippen molar-refractivity contribution in [3.63, 3.8) is 0 Å². The van der Waals surface area contributed by atoms with Gasteiger partial charge in [0.15, 0.2) is 0 Å². The van der Waals surface area contributed by atoms with Crippen LogP contribution < -0.4 is 4.90 Å². The number of nitrogens with zero attached hydrogens (tertiary/aromatic N) is 1. The molecule has 11 aromatic carbocycles. The van der Waals surface area contributed by atoms with Gasteiger partial charge in [0.25, 0.3) is 0 Å². The van der Waals surface area contributed by atoms with Gasteiger partial charge in [0.2, 0.25) is 0 Å². The smallest absolute Gasteiger partial charge is 0.0468 e. The highest BCUT2D eigenvalue weighted by molar-refractivity contribution is 6.14. The van der Waals surface area contributed by atoms with Crippen molar-refractivity contribution in [2.75, 3.05) is 4.90 Å². The average molecular weight is 724 g/mol. The lowest BCUT2D eigenvalue weighted by molar-refractivity contribution is 1.28. The van der Waals surface area contributed by atoms with E-state index >= 15 is 0 Å². The third-order valence-electron chi connectivity index (χ3n) is 11.6. The van der Waals surface area contributed by atoms with Crippen molar-refractivity contribution >= 4 is 70.9 Å². The number of hydrogen-bond donors (Lipinski definition) is 0. The molecule has 0 aromatic heterocycles. The molecular formula is C56H37N. The quantitative estimate of drug-likeness (QED) is 0.154. The van der Waals surface area contributed by atoms with E-state index in [2.05, 4.69) is 229 Å². The monoisotopic (exact) mass is 723 g/mol. The van der Waals surface area contributed by atoms with Crippen molar-refractivity contribution in [1.29, 1.82) is 0 Å². The molecule has 0 fully saturated rings. The Hall–Kier alpha value is -7.48. The van der Waals surface area contributed by atoms with E-state index < -0.39 is 0 Å². The van der Waals surface area contributed by atoms with Crippen molar-refractivity contribution in [1.82, 2.24) is 0 Å². The molecule has 1 nitrogen and oxygen atoms in total. The molecule has 11 aromatic rings. The summed E-state index contributed by atoms with van der Waals surface area (Å²) < 4.78 is 0. The molecule has 0 amide bonds. The highest BCUT2D eigenvalue weighted by atomic mass is 15.1. The summed E-state index contributed by atoms with van der Waals surface area (Å²) in [5.74, 6) is 0. The maximum Gasteiger partial charge on any atom is 0.0468 e. The van der Waals surface area contributed by atoms with Crippen molar-refractivity contribution in [2.24, 2.45) is 0 Å². The normalized spacial score (nSPS) is 11.5. The Morgan fingerprint density at radius 1 is 0.211 bits per heavy atom. The minimum Gasteiger partial charge on any atom is -0.310 e. The summed E-state index contributed by atoms with van der Waals surface area (Å²) >= 11 is 0. The van der Waals surface area contributed by atoms with Crippen LogP contribution in [-0.4, -0.2) is 0 Å². The first-order valence-corrected chi connectivity index (χ1v) is 19.7. The maximum absolute atomic E-state index is 2.39. The van der Waals surface area contributed by atoms with Gasteiger partial charge >= 0.3 is 0 Å². The van der Waals surface area contributed by atoms with Crippen LogP contribution in [0.4, 0.5) is 17.1 Å². The number of hydrogen-bond acceptors (Lipinski definition) is 1. The summed E-state index contributed by atoms with van der Waals surface area (Å²) in [6, 6.07) is 82.1. The fraction of sp³-hybridized carbons (Fsp3) is 0. The van der Waals surface area contributed by atoms with Crippen molar-refractivity contribution in [2.45, 2.75) is 0 Å². The van der Waals surface area contributed by atoms with Gasteiger partial charge in [-0.25, -0.2) is 0 Å². The summed E-state index contributed by atoms with van der Waals surface area (Å²) in [7, 11) is 0. The van der Waals surface area contributed by atoms with E-state index in [4.69, 9.17) is 0 Å². The molecule has 0 aliphatic carbocycles. The van der Waals surface area contributed by atoms with Gasteiger partial charge in [0, 0.05) is 17.1 Å². The van der Waals surface area contributed by atoms with Gasteiger partial charge in [-0.3, -0.25) is 0 Å². The molecule has 266 valence electrons. The molecule has 0 aliphatic heterocycles. The van der Waals surface area contributed by atoms with Crippen LogP contribution in [0.5, 0.6) is 0 Å². The molecule has 0 N–H and O–H groups in total. The van der Waals surface area contributed by atoms with E-state index in [1.807, 2.05) is 0 Å². The number of anilines is 3. The van der Waals surface area contributed by atoms with Gasteiger partial charge in [-0.15, -0.1) is 0 Å². The molecule has 0 radical (unpaired) electrons. The van der Waals surface area contributed by atoms with Crippen LogP contribution in [0, 0.1) is 0 Å². The van der Waals surface area contributed by atoms with Crippen molar-refractivity contribution < 1.29 is 0 Å². The summed E-state index contributed by atoms with van der Waals surface area (Å²) in [4.78, 5) is 2.38. The molecule has 57 heavy (non-hydrogen) atoms. The van der Waals surface area contributed by atoms with Crippen molar-refractivity contribution in [3.8, 4) is 33.4 Å². The average Bonchev–Trinajstić information content (AvgIpc) is 3.29. The molecule has 1 heteroatoms. The Morgan fingerprint density at radius 2 is 0.737 bits per heavy atom. The zero-order chi connectivity index (χ0) is 37.7. The third kappa shape index (κ3) is 5.72. The number of benzene rings is 11. The molecule has 0 atom stereocenters. The molecule has 11 rings (SSSR count). The predicted molar refractivity (Wildman–Crippen MR) is 245 cm³/mol. The highest BCUT2D eigenvalue weighted by Gasteiger charge is 2.18. The van der Waals surface area contributed by atoms with Gasteiger partial charge < -0.3 is 4.90 Å². The van der Waals surface area contributed by atoms with Crippen LogP contribution in [-0.2, 0) is 0 Å². The van der Waals surface area contributed by atoms with E-state index in [-0.39, 0.29) is 0 Å². The van der Waals surface area contributed by atoms with Crippen molar-refractivity contribution in [3.05, 3.63) is 224 Å². The maximum atomic E-state index is 2.39. The second-order valence-corrected chi connectivity index (χ2v) is 14.9. The fourth-order valence-corrected chi connectivity index (χ4v) is 8.89. The Balaban J connectivity index is 1.09. The summed E-state index contributed by atoms with van der Waals surface area (Å²) in [5, 5.41) is 12.6. The lowest BCUT2D eigenvalue weighted by Crippen LogP contribution is -2.10. The van der Waals surface area contributed by atoms with Gasteiger partial charge in [0.1, 0.15) is 0 Å². The molecule has 0 unspecified atom stereocenters. The Labute approximate surface area is 332 Å². The second kappa shape index (κ2) is 13.7. The molecule has 0 saturated carbocycles. The number of para-hydroxylation sites is 1.